The molecule has 1 aromatic heterocycles. The van der Waals surface area contributed by atoms with Crippen LogP contribution in [0.2, 0.25) is 0 Å². The quantitative estimate of drug-likeness (QED) is 0.741. The number of halogens is 1. The van der Waals surface area contributed by atoms with Crippen molar-refractivity contribution >= 4 is 5.69 Å². The van der Waals surface area contributed by atoms with Crippen molar-refractivity contribution in [2.75, 3.05) is 5.73 Å². The lowest BCUT2D eigenvalue weighted by molar-refractivity contribution is 0.629. The largest absolute Gasteiger partial charge is 0.399 e. The van der Waals surface area contributed by atoms with Crippen LogP contribution in [0.5, 0.6) is 0 Å². The van der Waals surface area contributed by atoms with Crippen LogP contribution < -0.4 is 11.3 Å². The van der Waals surface area contributed by atoms with Gasteiger partial charge in [0.25, 0.3) is 5.56 Å². The van der Waals surface area contributed by atoms with E-state index in [-0.39, 0.29) is 5.56 Å². The van der Waals surface area contributed by atoms with Crippen LogP contribution in [0, 0.1) is 5.82 Å². The summed E-state index contributed by atoms with van der Waals surface area (Å²) in [5.41, 5.74) is 6.56. The maximum Gasteiger partial charge on any atom is 0.250 e. The molecule has 0 aliphatic rings. The highest BCUT2D eigenvalue weighted by atomic mass is 19.1. The van der Waals surface area contributed by atoms with Crippen LogP contribution in [0.4, 0.5) is 10.1 Å². The lowest BCUT2D eigenvalue weighted by Gasteiger charge is -2.08. The molecule has 0 saturated heterocycles. The van der Waals surface area contributed by atoms with Gasteiger partial charge in [-0.25, -0.2) is 4.39 Å². The third-order valence-electron chi connectivity index (χ3n) is 2.45. The van der Waals surface area contributed by atoms with Crippen molar-refractivity contribution in [2.24, 2.45) is 7.05 Å². The molecule has 2 aromatic rings. The van der Waals surface area contributed by atoms with Crippen LogP contribution in [-0.4, -0.2) is 4.57 Å². The predicted octanol–water partition coefficient (Wildman–Crippen LogP) is 1.77. The molecule has 0 aliphatic carbocycles. The van der Waals surface area contributed by atoms with Crippen molar-refractivity contribution in [2.45, 2.75) is 0 Å². The molecule has 0 amide bonds. The number of nitrogen functional groups attached to an aromatic ring is 1. The lowest BCUT2D eigenvalue weighted by atomic mass is 10.1. The first-order valence-corrected chi connectivity index (χ1v) is 4.81. The van der Waals surface area contributed by atoms with E-state index in [0.29, 0.717) is 16.9 Å². The van der Waals surface area contributed by atoms with E-state index in [0.717, 1.165) is 0 Å². The van der Waals surface area contributed by atoms with E-state index in [4.69, 9.17) is 5.73 Å². The number of nitrogens with zero attached hydrogens (tertiary/aromatic N) is 1. The first kappa shape index (κ1) is 10.4. The van der Waals surface area contributed by atoms with Gasteiger partial charge in [-0.15, -0.1) is 0 Å². The van der Waals surface area contributed by atoms with Crippen LogP contribution in [-0.2, 0) is 7.05 Å². The third-order valence-corrected chi connectivity index (χ3v) is 2.45. The van der Waals surface area contributed by atoms with Crippen molar-refractivity contribution in [3.8, 4) is 11.3 Å². The van der Waals surface area contributed by atoms with Crippen molar-refractivity contribution in [1.82, 2.24) is 4.57 Å². The van der Waals surface area contributed by atoms with E-state index in [1.807, 2.05) is 0 Å². The van der Waals surface area contributed by atoms with Crippen LogP contribution in [0.1, 0.15) is 0 Å². The highest BCUT2D eigenvalue weighted by Crippen LogP contribution is 2.22. The molecule has 16 heavy (non-hydrogen) atoms. The van der Waals surface area contributed by atoms with Gasteiger partial charge in [0.15, 0.2) is 0 Å². The van der Waals surface area contributed by atoms with Gasteiger partial charge in [-0.05, 0) is 24.3 Å². The molecule has 2 N–H and O–H groups in total. The zero-order chi connectivity index (χ0) is 11.7. The number of anilines is 1. The second kappa shape index (κ2) is 3.81. The smallest absolute Gasteiger partial charge is 0.250 e. The van der Waals surface area contributed by atoms with Crippen molar-refractivity contribution in [1.29, 1.82) is 0 Å². The van der Waals surface area contributed by atoms with Crippen molar-refractivity contribution in [3.63, 3.8) is 0 Å². The summed E-state index contributed by atoms with van der Waals surface area (Å²) in [5, 5.41) is 0. The highest BCUT2D eigenvalue weighted by Gasteiger charge is 2.08. The number of rotatable bonds is 1. The molecule has 0 spiro atoms. The van der Waals surface area contributed by atoms with Gasteiger partial charge in [0.2, 0.25) is 0 Å². The molecule has 0 radical (unpaired) electrons. The minimum Gasteiger partial charge on any atom is -0.399 e. The molecule has 0 fully saturated rings. The molecule has 1 heterocycles. The number of hydrogen-bond acceptors (Lipinski definition) is 2. The summed E-state index contributed by atoms with van der Waals surface area (Å²) in [6, 6.07) is 9.14. The van der Waals surface area contributed by atoms with Gasteiger partial charge in [-0.3, -0.25) is 4.79 Å². The maximum absolute atomic E-state index is 13.7. The number of pyridine rings is 1. The topological polar surface area (TPSA) is 48.0 Å². The average molecular weight is 218 g/mol. The molecule has 3 nitrogen and oxygen atoms in total. The molecule has 0 atom stereocenters. The van der Waals surface area contributed by atoms with Crippen LogP contribution in [0.15, 0.2) is 41.2 Å². The molecule has 0 aliphatic heterocycles. The zero-order valence-corrected chi connectivity index (χ0v) is 8.77. The molecule has 4 heteroatoms. The molecular formula is C12H11FN2O. The summed E-state index contributed by atoms with van der Waals surface area (Å²) in [6.07, 6.45) is 0. The van der Waals surface area contributed by atoms with E-state index >= 15 is 0 Å². The Balaban J connectivity index is 2.68. The fraction of sp³-hybridized carbons (Fsp3) is 0.0833. The van der Waals surface area contributed by atoms with E-state index in [2.05, 4.69) is 0 Å². The minimum atomic E-state index is -0.429. The van der Waals surface area contributed by atoms with Crippen LogP contribution in [0.3, 0.4) is 0 Å². The summed E-state index contributed by atoms with van der Waals surface area (Å²) in [4.78, 5) is 11.4. The summed E-state index contributed by atoms with van der Waals surface area (Å²) in [7, 11) is 1.60. The summed E-state index contributed by atoms with van der Waals surface area (Å²) < 4.78 is 15.0. The van der Waals surface area contributed by atoms with E-state index < -0.39 is 5.82 Å². The fourth-order valence-electron chi connectivity index (χ4n) is 1.57. The third kappa shape index (κ3) is 1.69. The number of nitrogens with two attached hydrogens (primary N) is 1. The Morgan fingerprint density at radius 1 is 1.25 bits per heavy atom. The lowest BCUT2D eigenvalue weighted by Crippen LogP contribution is -2.16. The molecular weight excluding hydrogens is 207 g/mol. The summed E-state index contributed by atoms with van der Waals surface area (Å²) >= 11 is 0. The monoisotopic (exact) mass is 218 g/mol. The van der Waals surface area contributed by atoms with E-state index in [1.54, 1.807) is 31.3 Å². The first-order valence-electron chi connectivity index (χ1n) is 4.81. The van der Waals surface area contributed by atoms with Gasteiger partial charge in [-0.2, -0.15) is 0 Å². The normalized spacial score (nSPS) is 10.4. The van der Waals surface area contributed by atoms with E-state index in [9.17, 15) is 9.18 Å². The molecule has 1 aromatic carbocycles. The number of aromatic nitrogens is 1. The molecule has 2 rings (SSSR count). The van der Waals surface area contributed by atoms with Gasteiger partial charge < -0.3 is 10.3 Å². The number of hydrogen-bond donors (Lipinski definition) is 1. The summed E-state index contributed by atoms with van der Waals surface area (Å²) in [5.74, 6) is -0.429. The predicted molar refractivity (Wildman–Crippen MR) is 61.5 cm³/mol. The molecule has 0 unspecified atom stereocenters. The zero-order valence-electron chi connectivity index (χ0n) is 8.77. The number of benzene rings is 1. The van der Waals surface area contributed by atoms with E-state index in [1.165, 1.54) is 16.7 Å². The highest BCUT2D eigenvalue weighted by molar-refractivity contribution is 5.63. The van der Waals surface area contributed by atoms with Gasteiger partial charge in [0, 0.05) is 24.4 Å². The first-order chi connectivity index (χ1) is 7.59. The Kier molecular flexibility index (Phi) is 2.48. The minimum absolute atomic E-state index is 0.172. The average Bonchev–Trinajstić information content (AvgIpc) is 2.23. The summed E-state index contributed by atoms with van der Waals surface area (Å²) in [6.45, 7) is 0. The maximum atomic E-state index is 13.7. The SMILES string of the molecule is Cn1c(-c2ccc(N)cc2F)cccc1=O. The second-order valence-corrected chi connectivity index (χ2v) is 3.55. The van der Waals surface area contributed by atoms with Crippen LogP contribution >= 0.6 is 0 Å². The van der Waals surface area contributed by atoms with Gasteiger partial charge in [-0.1, -0.05) is 6.07 Å². The van der Waals surface area contributed by atoms with Gasteiger partial charge >= 0.3 is 0 Å². The van der Waals surface area contributed by atoms with Crippen LogP contribution in [0.25, 0.3) is 11.3 Å². The molecule has 82 valence electrons. The van der Waals surface area contributed by atoms with Crippen molar-refractivity contribution < 1.29 is 4.39 Å². The Bertz CT molecular complexity index is 590. The molecule has 0 bridgehead atoms. The standard InChI is InChI=1S/C12H11FN2O/c1-15-11(3-2-4-12(15)16)9-6-5-8(14)7-10(9)13/h2-7H,14H2,1H3. The van der Waals surface area contributed by atoms with Crippen molar-refractivity contribution in [3.05, 3.63) is 52.6 Å². The molecule has 0 saturated carbocycles. The fourth-order valence-corrected chi connectivity index (χ4v) is 1.57. The Morgan fingerprint density at radius 3 is 2.69 bits per heavy atom. The van der Waals surface area contributed by atoms with Gasteiger partial charge in [0.05, 0.1) is 5.69 Å². The Hall–Kier alpha value is -2.10. The Morgan fingerprint density at radius 2 is 2.00 bits per heavy atom. The second-order valence-electron chi connectivity index (χ2n) is 3.55. The Labute approximate surface area is 92.0 Å². The van der Waals surface area contributed by atoms with Gasteiger partial charge in [0.1, 0.15) is 5.82 Å².